The molecule has 8 heteroatoms. The van der Waals surface area contributed by atoms with Crippen LogP contribution in [0.1, 0.15) is 51.5 Å². The number of carbonyl (C=O) groups excluding carboxylic acids is 1. The quantitative estimate of drug-likeness (QED) is 0.819. The van der Waals surface area contributed by atoms with Gasteiger partial charge in [0.05, 0.1) is 11.6 Å². The van der Waals surface area contributed by atoms with Crippen molar-refractivity contribution in [2.45, 2.75) is 64.2 Å². The Kier molecular flexibility index (Phi) is 7.03. The van der Waals surface area contributed by atoms with E-state index < -0.39 is 11.7 Å². The first-order valence-electron chi connectivity index (χ1n) is 10.6. The smallest absolute Gasteiger partial charge is 0.355 e. The number of halogens is 3. The molecule has 0 aromatic carbocycles. The Bertz CT molecular complexity index is 679. The van der Waals surface area contributed by atoms with Crippen LogP contribution in [0.15, 0.2) is 18.3 Å². The van der Waals surface area contributed by atoms with E-state index in [4.69, 9.17) is 0 Å². The number of nitrogens with zero attached hydrogens (tertiary/aromatic N) is 3. The topological polar surface area (TPSA) is 48.5 Å². The molecular weight excluding hydrogens is 381 g/mol. The standard InChI is InChI=1S/C21H31F3N4O/c1-15-6-3-4-7-18(15)26-20(29)16(2)27-10-5-11-28(13-12-27)19-9-8-17(14-25-19)21(22,23)24/h8-9,14-16,18H,3-7,10-13H2,1-2H3,(H,26,29)/t15-,16+,18-/m1/s1. The summed E-state index contributed by atoms with van der Waals surface area (Å²) in [5.41, 5.74) is -0.736. The second-order valence-electron chi connectivity index (χ2n) is 8.33. The lowest BCUT2D eigenvalue weighted by Crippen LogP contribution is -2.51. The number of rotatable bonds is 4. The summed E-state index contributed by atoms with van der Waals surface area (Å²) >= 11 is 0. The molecule has 2 aliphatic rings. The van der Waals surface area contributed by atoms with Gasteiger partial charge in [0.15, 0.2) is 0 Å². The molecule has 162 valence electrons. The highest BCUT2D eigenvalue weighted by atomic mass is 19.4. The minimum atomic E-state index is -4.38. The van der Waals surface area contributed by atoms with Crippen LogP contribution in [0.25, 0.3) is 0 Å². The van der Waals surface area contributed by atoms with Crippen LogP contribution in [0.5, 0.6) is 0 Å². The van der Waals surface area contributed by atoms with Crippen molar-refractivity contribution >= 4 is 11.7 Å². The van der Waals surface area contributed by atoms with Crippen molar-refractivity contribution in [3.05, 3.63) is 23.9 Å². The zero-order valence-corrected chi connectivity index (χ0v) is 17.2. The Morgan fingerprint density at radius 2 is 1.90 bits per heavy atom. The third-order valence-corrected chi connectivity index (χ3v) is 6.30. The Labute approximate surface area is 170 Å². The predicted molar refractivity (Wildman–Crippen MR) is 107 cm³/mol. The molecule has 29 heavy (non-hydrogen) atoms. The summed E-state index contributed by atoms with van der Waals surface area (Å²) in [4.78, 5) is 20.9. The molecule has 1 aromatic heterocycles. The maximum absolute atomic E-state index is 12.8. The number of anilines is 1. The summed E-state index contributed by atoms with van der Waals surface area (Å²) in [5, 5.41) is 3.24. The Balaban J connectivity index is 1.55. The summed E-state index contributed by atoms with van der Waals surface area (Å²) < 4.78 is 38.2. The molecule has 1 N–H and O–H groups in total. The van der Waals surface area contributed by atoms with Crippen LogP contribution < -0.4 is 10.2 Å². The summed E-state index contributed by atoms with van der Waals surface area (Å²) in [6, 6.07) is 2.55. The highest BCUT2D eigenvalue weighted by molar-refractivity contribution is 5.81. The molecule has 0 unspecified atom stereocenters. The van der Waals surface area contributed by atoms with E-state index in [1.807, 2.05) is 11.8 Å². The van der Waals surface area contributed by atoms with Gasteiger partial charge in [-0.3, -0.25) is 9.69 Å². The first-order valence-corrected chi connectivity index (χ1v) is 10.6. The lowest BCUT2D eigenvalue weighted by molar-refractivity contribution is -0.137. The predicted octanol–water partition coefficient (Wildman–Crippen LogP) is 3.70. The number of aromatic nitrogens is 1. The molecular formula is C21H31F3N4O. The summed E-state index contributed by atoms with van der Waals surface area (Å²) in [7, 11) is 0. The molecule has 1 aliphatic heterocycles. The van der Waals surface area contributed by atoms with Crippen LogP contribution >= 0.6 is 0 Å². The van der Waals surface area contributed by atoms with Gasteiger partial charge in [-0.15, -0.1) is 0 Å². The summed E-state index contributed by atoms with van der Waals surface area (Å²) in [6.07, 6.45) is 1.97. The Morgan fingerprint density at radius 1 is 1.14 bits per heavy atom. The van der Waals surface area contributed by atoms with Crippen molar-refractivity contribution in [2.24, 2.45) is 5.92 Å². The molecule has 0 spiro atoms. The second-order valence-corrected chi connectivity index (χ2v) is 8.33. The van der Waals surface area contributed by atoms with Gasteiger partial charge < -0.3 is 10.2 Å². The van der Waals surface area contributed by atoms with E-state index in [9.17, 15) is 18.0 Å². The van der Waals surface area contributed by atoms with E-state index >= 15 is 0 Å². The number of hydrogen-bond donors (Lipinski definition) is 1. The van der Waals surface area contributed by atoms with Crippen molar-refractivity contribution in [1.82, 2.24) is 15.2 Å². The number of carbonyl (C=O) groups is 1. The van der Waals surface area contributed by atoms with Gasteiger partial charge in [-0.25, -0.2) is 4.98 Å². The van der Waals surface area contributed by atoms with E-state index in [0.29, 0.717) is 31.4 Å². The van der Waals surface area contributed by atoms with Crippen LogP contribution in [0.4, 0.5) is 19.0 Å². The number of amides is 1. The Morgan fingerprint density at radius 3 is 2.55 bits per heavy atom. The molecule has 5 nitrogen and oxygen atoms in total. The minimum absolute atomic E-state index is 0.0739. The number of alkyl halides is 3. The zero-order chi connectivity index (χ0) is 21.0. The van der Waals surface area contributed by atoms with Crippen molar-refractivity contribution < 1.29 is 18.0 Å². The molecule has 3 rings (SSSR count). The average molecular weight is 413 g/mol. The first-order chi connectivity index (χ1) is 13.8. The van der Waals surface area contributed by atoms with E-state index in [1.54, 1.807) is 0 Å². The van der Waals surface area contributed by atoms with Crippen molar-refractivity contribution in [1.29, 1.82) is 0 Å². The molecule has 2 fully saturated rings. The molecule has 1 saturated carbocycles. The maximum Gasteiger partial charge on any atom is 0.417 e. The van der Waals surface area contributed by atoms with Crippen molar-refractivity contribution in [2.75, 3.05) is 31.1 Å². The molecule has 3 atom stereocenters. The van der Waals surface area contributed by atoms with Gasteiger partial charge in [0.1, 0.15) is 5.82 Å². The molecule has 1 amide bonds. The molecule has 2 heterocycles. The van der Waals surface area contributed by atoms with E-state index in [2.05, 4.69) is 22.1 Å². The minimum Gasteiger partial charge on any atom is -0.355 e. The number of hydrogen-bond acceptors (Lipinski definition) is 4. The van der Waals surface area contributed by atoms with Crippen LogP contribution in [0, 0.1) is 5.92 Å². The highest BCUT2D eigenvalue weighted by Gasteiger charge is 2.31. The molecule has 0 radical (unpaired) electrons. The lowest BCUT2D eigenvalue weighted by Gasteiger charge is -2.33. The third kappa shape index (κ3) is 5.62. The van der Waals surface area contributed by atoms with Gasteiger partial charge >= 0.3 is 6.18 Å². The number of nitrogens with one attached hydrogen (secondary N) is 1. The highest BCUT2D eigenvalue weighted by Crippen LogP contribution is 2.29. The van der Waals surface area contributed by atoms with Gasteiger partial charge in [-0.1, -0.05) is 19.8 Å². The SMILES string of the molecule is C[C@@H]1CCCC[C@H]1NC(=O)[C@H](C)N1CCCN(c2ccc(C(F)(F)F)cn2)CC1. The molecule has 0 bridgehead atoms. The first kappa shape index (κ1) is 21.9. The van der Waals surface area contributed by atoms with Crippen LogP contribution in [0.3, 0.4) is 0 Å². The molecule has 1 aliphatic carbocycles. The van der Waals surface area contributed by atoms with Crippen LogP contribution in [0.2, 0.25) is 0 Å². The fourth-order valence-electron chi connectivity index (χ4n) is 4.29. The number of pyridine rings is 1. The summed E-state index contributed by atoms with van der Waals surface area (Å²) in [6.45, 7) is 6.95. The van der Waals surface area contributed by atoms with Gasteiger partial charge in [-0.2, -0.15) is 13.2 Å². The fraction of sp³-hybridized carbons (Fsp3) is 0.714. The van der Waals surface area contributed by atoms with Crippen LogP contribution in [-0.2, 0) is 11.0 Å². The normalized spacial score (nSPS) is 25.3. The third-order valence-electron chi connectivity index (χ3n) is 6.30. The maximum atomic E-state index is 12.8. The van der Waals surface area contributed by atoms with E-state index in [-0.39, 0.29) is 18.0 Å². The van der Waals surface area contributed by atoms with Gasteiger partial charge in [0.2, 0.25) is 5.91 Å². The molecule has 1 aromatic rings. The average Bonchev–Trinajstić information content (AvgIpc) is 2.95. The van der Waals surface area contributed by atoms with Crippen molar-refractivity contribution in [3.63, 3.8) is 0 Å². The van der Waals surface area contributed by atoms with Crippen LogP contribution in [-0.4, -0.2) is 54.1 Å². The zero-order valence-electron chi connectivity index (χ0n) is 17.2. The largest absolute Gasteiger partial charge is 0.417 e. The van der Waals surface area contributed by atoms with Gasteiger partial charge in [0, 0.05) is 38.4 Å². The molecule has 1 saturated heterocycles. The Hall–Kier alpha value is -1.83. The fourth-order valence-corrected chi connectivity index (χ4v) is 4.29. The monoisotopic (exact) mass is 412 g/mol. The van der Waals surface area contributed by atoms with Crippen molar-refractivity contribution in [3.8, 4) is 0 Å². The second kappa shape index (κ2) is 9.32. The van der Waals surface area contributed by atoms with E-state index in [0.717, 1.165) is 38.1 Å². The van der Waals surface area contributed by atoms with Gasteiger partial charge in [0.25, 0.3) is 0 Å². The van der Waals surface area contributed by atoms with E-state index in [1.165, 1.54) is 18.9 Å². The van der Waals surface area contributed by atoms with Gasteiger partial charge in [-0.05, 0) is 44.2 Å². The summed E-state index contributed by atoms with van der Waals surface area (Å²) in [5.74, 6) is 1.14. The lowest BCUT2D eigenvalue weighted by atomic mass is 9.86.